The summed E-state index contributed by atoms with van der Waals surface area (Å²) in [5.74, 6) is 5.56. The van der Waals surface area contributed by atoms with Crippen LogP contribution in [0.4, 0.5) is 0 Å². The minimum Gasteiger partial charge on any atom is -0.393 e. The number of aliphatic hydroxyl groups is 1. The Morgan fingerprint density at radius 2 is 2.12 bits per heavy atom. The SMILES string of the molecule is CN(CC1CC(O)C1)CC(C)(C)C(=O)NN. The molecule has 0 heterocycles. The normalized spacial score (nSPS) is 25.4. The van der Waals surface area contributed by atoms with E-state index < -0.39 is 5.41 Å². The summed E-state index contributed by atoms with van der Waals surface area (Å²) in [4.78, 5) is 13.6. The molecule has 0 aromatic rings. The molecule has 0 saturated heterocycles. The summed E-state index contributed by atoms with van der Waals surface area (Å²) in [7, 11) is 2.00. The molecule has 0 atom stereocenters. The van der Waals surface area contributed by atoms with Gasteiger partial charge in [-0.1, -0.05) is 0 Å². The molecule has 0 bridgehead atoms. The zero-order chi connectivity index (χ0) is 12.3. The summed E-state index contributed by atoms with van der Waals surface area (Å²) in [5, 5.41) is 9.19. The number of carbonyl (C=O) groups is 1. The van der Waals surface area contributed by atoms with Gasteiger partial charge in [0.25, 0.3) is 0 Å². The van der Waals surface area contributed by atoms with Crippen LogP contribution in [0.25, 0.3) is 0 Å². The number of hydrazine groups is 1. The van der Waals surface area contributed by atoms with Gasteiger partial charge in [0.05, 0.1) is 11.5 Å². The molecule has 4 N–H and O–H groups in total. The van der Waals surface area contributed by atoms with Gasteiger partial charge in [0, 0.05) is 13.1 Å². The minimum absolute atomic E-state index is 0.112. The molecule has 0 radical (unpaired) electrons. The third kappa shape index (κ3) is 3.43. The number of aliphatic hydroxyl groups excluding tert-OH is 1. The highest BCUT2D eigenvalue weighted by atomic mass is 16.3. The molecule has 1 amide bonds. The van der Waals surface area contributed by atoms with Gasteiger partial charge in [-0.3, -0.25) is 10.2 Å². The van der Waals surface area contributed by atoms with Gasteiger partial charge in [0.1, 0.15) is 0 Å². The van der Waals surface area contributed by atoms with Gasteiger partial charge in [-0.15, -0.1) is 0 Å². The molecule has 1 rings (SSSR count). The lowest BCUT2D eigenvalue weighted by Gasteiger charge is -2.36. The Hall–Kier alpha value is -0.650. The number of amides is 1. The van der Waals surface area contributed by atoms with Crippen LogP contribution in [0.1, 0.15) is 26.7 Å². The standard InChI is InChI=1S/C11H23N3O2/c1-11(2,10(16)13-12)7-14(3)6-8-4-9(15)5-8/h8-9,15H,4-7,12H2,1-3H3,(H,13,16). The topological polar surface area (TPSA) is 78.6 Å². The van der Waals surface area contributed by atoms with E-state index in [0.29, 0.717) is 12.5 Å². The van der Waals surface area contributed by atoms with E-state index >= 15 is 0 Å². The van der Waals surface area contributed by atoms with E-state index in [1.165, 1.54) is 0 Å². The predicted octanol–water partition coefficient (Wildman–Crippen LogP) is -0.295. The summed E-state index contributed by atoms with van der Waals surface area (Å²) < 4.78 is 0. The quantitative estimate of drug-likeness (QED) is 0.344. The minimum atomic E-state index is -0.480. The zero-order valence-corrected chi connectivity index (χ0v) is 10.4. The maximum atomic E-state index is 11.5. The van der Waals surface area contributed by atoms with Crippen molar-refractivity contribution in [2.75, 3.05) is 20.1 Å². The van der Waals surface area contributed by atoms with Crippen molar-refractivity contribution in [1.82, 2.24) is 10.3 Å². The zero-order valence-electron chi connectivity index (χ0n) is 10.4. The third-order valence-electron chi connectivity index (χ3n) is 3.19. The van der Waals surface area contributed by atoms with Crippen LogP contribution in [0, 0.1) is 11.3 Å². The van der Waals surface area contributed by atoms with Crippen LogP contribution in [-0.2, 0) is 4.79 Å². The Morgan fingerprint density at radius 1 is 1.56 bits per heavy atom. The van der Waals surface area contributed by atoms with Gasteiger partial charge in [0.15, 0.2) is 0 Å². The molecule has 0 unspecified atom stereocenters. The van der Waals surface area contributed by atoms with Crippen molar-refractivity contribution < 1.29 is 9.90 Å². The van der Waals surface area contributed by atoms with E-state index in [2.05, 4.69) is 10.3 Å². The van der Waals surface area contributed by atoms with Gasteiger partial charge in [-0.05, 0) is 39.7 Å². The molecule has 1 aliphatic rings. The smallest absolute Gasteiger partial charge is 0.240 e. The molecule has 1 aliphatic carbocycles. The van der Waals surface area contributed by atoms with Crippen LogP contribution in [0.2, 0.25) is 0 Å². The van der Waals surface area contributed by atoms with Crippen LogP contribution in [-0.4, -0.2) is 42.2 Å². The maximum absolute atomic E-state index is 11.5. The molecule has 5 nitrogen and oxygen atoms in total. The highest BCUT2D eigenvalue weighted by molar-refractivity contribution is 5.81. The molecule has 1 fully saturated rings. The van der Waals surface area contributed by atoms with Crippen LogP contribution in [0.15, 0.2) is 0 Å². The summed E-state index contributed by atoms with van der Waals surface area (Å²) in [6, 6.07) is 0. The second-order valence-corrected chi connectivity index (χ2v) is 5.55. The second kappa shape index (κ2) is 5.12. The molecular formula is C11H23N3O2. The first-order valence-corrected chi connectivity index (χ1v) is 5.73. The largest absolute Gasteiger partial charge is 0.393 e. The molecule has 1 saturated carbocycles. The fourth-order valence-corrected chi connectivity index (χ4v) is 2.30. The maximum Gasteiger partial charge on any atom is 0.240 e. The van der Waals surface area contributed by atoms with Crippen molar-refractivity contribution in [2.24, 2.45) is 17.2 Å². The highest BCUT2D eigenvalue weighted by Gasteiger charge is 2.32. The van der Waals surface area contributed by atoms with Crippen LogP contribution < -0.4 is 11.3 Å². The first-order chi connectivity index (χ1) is 7.35. The van der Waals surface area contributed by atoms with Crippen molar-refractivity contribution >= 4 is 5.91 Å². The molecule has 0 aromatic heterocycles. The van der Waals surface area contributed by atoms with E-state index in [4.69, 9.17) is 5.84 Å². The van der Waals surface area contributed by atoms with Gasteiger partial charge < -0.3 is 10.0 Å². The van der Waals surface area contributed by atoms with E-state index in [0.717, 1.165) is 19.4 Å². The van der Waals surface area contributed by atoms with Crippen LogP contribution >= 0.6 is 0 Å². The third-order valence-corrected chi connectivity index (χ3v) is 3.19. The Morgan fingerprint density at radius 3 is 2.56 bits per heavy atom. The van der Waals surface area contributed by atoms with Gasteiger partial charge in [-0.25, -0.2) is 5.84 Å². The number of nitrogens with one attached hydrogen (secondary N) is 1. The predicted molar refractivity (Wildman–Crippen MR) is 62.3 cm³/mol. The lowest BCUT2D eigenvalue weighted by atomic mass is 9.81. The van der Waals surface area contributed by atoms with E-state index in [-0.39, 0.29) is 12.0 Å². The fourth-order valence-electron chi connectivity index (χ4n) is 2.30. The lowest BCUT2D eigenvalue weighted by molar-refractivity contribution is -0.130. The number of hydrogen-bond donors (Lipinski definition) is 3. The summed E-state index contributed by atoms with van der Waals surface area (Å²) in [6.07, 6.45) is 1.65. The van der Waals surface area contributed by atoms with E-state index in [1.807, 2.05) is 20.9 Å². The summed E-state index contributed by atoms with van der Waals surface area (Å²) >= 11 is 0. The number of nitrogens with zero attached hydrogens (tertiary/aromatic N) is 1. The molecular weight excluding hydrogens is 206 g/mol. The number of carbonyl (C=O) groups excluding carboxylic acids is 1. The molecule has 0 aliphatic heterocycles. The first-order valence-electron chi connectivity index (χ1n) is 5.73. The van der Waals surface area contributed by atoms with Gasteiger partial charge in [-0.2, -0.15) is 0 Å². The average Bonchev–Trinajstić information content (AvgIpc) is 2.13. The van der Waals surface area contributed by atoms with Crippen molar-refractivity contribution in [3.8, 4) is 0 Å². The molecule has 16 heavy (non-hydrogen) atoms. The molecule has 0 spiro atoms. The summed E-state index contributed by atoms with van der Waals surface area (Å²) in [5.41, 5.74) is 1.71. The fraction of sp³-hybridized carbons (Fsp3) is 0.909. The first kappa shape index (κ1) is 13.4. The Kier molecular flexibility index (Phi) is 4.29. The highest BCUT2D eigenvalue weighted by Crippen LogP contribution is 2.28. The van der Waals surface area contributed by atoms with Crippen molar-refractivity contribution in [1.29, 1.82) is 0 Å². The Labute approximate surface area is 97.0 Å². The van der Waals surface area contributed by atoms with Crippen LogP contribution in [0.5, 0.6) is 0 Å². The van der Waals surface area contributed by atoms with Crippen LogP contribution in [0.3, 0.4) is 0 Å². The monoisotopic (exact) mass is 229 g/mol. The number of nitrogens with two attached hydrogens (primary N) is 1. The number of rotatable bonds is 5. The van der Waals surface area contributed by atoms with Gasteiger partial charge in [0.2, 0.25) is 5.91 Å². The van der Waals surface area contributed by atoms with Crippen molar-refractivity contribution in [3.05, 3.63) is 0 Å². The molecule has 5 heteroatoms. The lowest BCUT2D eigenvalue weighted by Crippen LogP contribution is -2.48. The van der Waals surface area contributed by atoms with Gasteiger partial charge >= 0.3 is 0 Å². The van der Waals surface area contributed by atoms with E-state index in [9.17, 15) is 9.90 Å². The Bertz CT molecular complexity index is 250. The van der Waals surface area contributed by atoms with Crippen molar-refractivity contribution in [3.63, 3.8) is 0 Å². The van der Waals surface area contributed by atoms with Crippen molar-refractivity contribution in [2.45, 2.75) is 32.8 Å². The Balaban J connectivity index is 2.32. The molecule has 94 valence electrons. The molecule has 0 aromatic carbocycles. The number of hydrogen-bond acceptors (Lipinski definition) is 4. The summed E-state index contributed by atoms with van der Waals surface area (Å²) in [6.45, 7) is 5.35. The van der Waals surface area contributed by atoms with E-state index in [1.54, 1.807) is 0 Å². The second-order valence-electron chi connectivity index (χ2n) is 5.55. The average molecular weight is 229 g/mol.